The summed E-state index contributed by atoms with van der Waals surface area (Å²) < 4.78 is 0. The number of hydrogen-bond donors (Lipinski definition) is 1. The maximum atomic E-state index is 11.6. The lowest BCUT2D eigenvalue weighted by atomic mass is 10.1. The lowest BCUT2D eigenvalue weighted by Gasteiger charge is -2.12. The van der Waals surface area contributed by atoms with Crippen LogP contribution in [-0.4, -0.2) is 35.3 Å². The maximum Gasteiger partial charge on any atom is 0.333 e. The Bertz CT molecular complexity index is 432. The molecule has 1 rings (SSSR count). The van der Waals surface area contributed by atoms with Crippen molar-refractivity contribution in [1.29, 1.82) is 0 Å². The Kier molecular flexibility index (Phi) is 8.29. The zero-order valence-corrected chi connectivity index (χ0v) is 13.9. The van der Waals surface area contributed by atoms with Crippen molar-refractivity contribution in [2.75, 3.05) is 6.54 Å². The van der Waals surface area contributed by atoms with Crippen LogP contribution in [0, 0.1) is 5.92 Å². The highest BCUT2D eigenvalue weighted by Crippen LogP contribution is 2.13. The van der Waals surface area contributed by atoms with Crippen molar-refractivity contribution in [2.45, 2.75) is 65.2 Å². The Morgan fingerprint density at radius 2 is 1.74 bits per heavy atom. The highest BCUT2D eigenvalue weighted by Gasteiger charge is 2.32. The summed E-state index contributed by atoms with van der Waals surface area (Å²) in [6.07, 6.45) is 3.88. The van der Waals surface area contributed by atoms with Gasteiger partial charge in [0.1, 0.15) is 0 Å². The minimum absolute atomic E-state index is 0.00215. The topological polar surface area (TPSA) is 92.8 Å². The summed E-state index contributed by atoms with van der Waals surface area (Å²) in [5, 5.41) is 3.33. The van der Waals surface area contributed by atoms with Crippen LogP contribution in [0.4, 0.5) is 0 Å². The van der Waals surface area contributed by atoms with Gasteiger partial charge in [0.25, 0.3) is 11.8 Å². The van der Waals surface area contributed by atoms with Gasteiger partial charge in [-0.25, -0.2) is 4.79 Å². The van der Waals surface area contributed by atoms with E-state index in [0.717, 1.165) is 19.3 Å². The SMILES string of the molecule is CC(C)CCCCNC(=O)CCCC(=O)ON1C(=O)CCC1=O. The van der Waals surface area contributed by atoms with Gasteiger partial charge in [-0.3, -0.25) is 14.4 Å². The summed E-state index contributed by atoms with van der Waals surface area (Å²) in [7, 11) is 0. The van der Waals surface area contributed by atoms with Gasteiger partial charge in [-0.15, -0.1) is 5.06 Å². The first-order chi connectivity index (χ1) is 10.9. The first-order valence-corrected chi connectivity index (χ1v) is 8.23. The van der Waals surface area contributed by atoms with Crippen LogP contribution in [0.1, 0.15) is 65.2 Å². The minimum Gasteiger partial charge on any atom is -0.356 e. The fourth-order valence-corrected chi connectivity index (χ4v) is 2.19. The second kappa shape index (κ2) is 9.97. The summed E-state index contributed by atoms with van der Waals surface area (Å²) in [6.45, 7) is 4.98. The van der Waals surface area contributed by atoms with Crippen LogP contribution in [0.3, 0.4) is 0 Å². The van der Waals surface area contributed by atoms with E-state index < -0.39 is 17.8 Å². The molecule has 1 aliphatic rings. The second-order valence-corrected chi connectivity index (χ2v) is 6.14. The number of imide groups is 1. The molecule has 1 saturated heterocycles. The van der Waals surface area contributed by atoms with Gasteiger partial charge < -0.3 is 10.2 Å². The molecule has 130 valence electrons. The van der Waals surface area contributed by atoms with E-state index in [1.807, 2.05) is 0 Å². The van der Waals surface area contributed by atoms with E-state index in [4.69, 9.17) is 4.84 Å². The third kappa shape index (κ3) is 7.76. The zero-order valence-electron chi connectivity index (χ0n) is 13.9. The Labute approximate surface area is 136 Å². The molecule has 0 aliphatic carbocycles. The molecule has 0 aromatic carbocycles. The van der Waals surface area contributed by atoms with Crippen LogP contribution in [-0.2, 0) is 24.0 Å². The van der Waals surface area contributed by atoms with Gasteiger partial charge in [-0.05, 0) is 18.8 Å². The molecule has 1 fully saturated rings. The van der Waals surface area contributed by atoms with Crippen LogP contribution in [0.15, 0.2) is 0 Å². The molecule has 0 unspecified atom stereocenters. The van der Waals surface area contributed by atoms with Gasteiger partial charge >= 0.3 is 5.97 Å². The van der Waals surface area contributed by atoms with Crippen molar-refractivity contribution in [2.24, 2.45) is 5.92 Å². The third-order valence-electron chi connectivity index (χ3n) is 3.51. The van der Waals surface area contributed by atoms with Gasteiger partial charge in [0, 0.05) is 32.2 Å². The van der Waals surface area contributed by atoms with Crippen molar-refractivity contribution in [1.82, 2.24) is 10.4 Å². The average Bonchev–Trinajstić information content (AvgIpc) is 2.78. The summed E-state index contributed by atoms with van der Waals surface area (Å²) in [6, 6.07) is 0. The zero-order chi connectivity index (χ0) is 17.2. The van der Waals surface area contributed by atoms with E-state index >= 15 is 0 Å². The van der Waals surface area contributed by atoms with Crippen LogP contribution >= 0.6 is 0 Å². The van der Waals surface area contributed by atoms with Gasteiger partial charge in [0.2, 0.25) is 5.91 Å². The molecule has 23 heavy (non-hydrogen) atoms. The lowest BCUT2D eigenvalue weighted by Crippen LogP contribution is -2.32. The number of nitrogens with one attached hydrogen (secondary N) is 1. The number of unbranched alkanes of at least 4 members (excludes halogenated alkanes) is 1. The second-order valence-electron chi connectivity index (χ2n) is 6.14. The van der Waals surface area contributed by atoms with E-state index in [1.165, 1.54) is 0 Å². The fourth-order valence-electron chi connectivity index (χ4n) is 2.19. The van der Waals surface area contributed by atoms with Crippen LogP contribution in [0.25, 0.3) is 0 Å². The molecular formula is C16H26N2O5. The number of hydroxylamine groups is 2. The Hall–Kier alpha value is -1.92. The smallest absolute Gasteiger partial charge is 0.333 e. The predicted molar refractivity (Wildman–Crippen MR) is 82.7 cm³/mol. The Balaban J connectivity index is 2.06. The maximum absolute atomic E-state index is 11.6. The Morgan fingerprint density at radius 1 is 1.09 bits per heavy atom. The molecule has 0 atom stereocenters. The summed E-state index contributed by atoms with van der Waals surface area (Å²) in [5.41, 5.74) is 0. The number of hydrogen-bond acceptors (Lipinski definition) is 5. The predicted octanol–water partition coefficient (Wildman–Crippen LogP) is 1.71. The molecule has 0 radical (unpaired) electrons. The van der Waals surface area contributed by atoms with Crippen LogP contribution < -0.4 is 5.32 Å². The van der Waals surface area contributed by atoms with Crippen LogP contribution in [0.2, 0.25) is 0 Å². The Morgan fingerprint density at radius 3 is 2.35 bits per heavy atom. The van der Waals surface area contributed by atoms with Gasteiger partial charge in [0.05, 0.1) is 0 Å². The molecule has 0 saturated carbocycles. The molecule has 1 aliphatic heterocycles. The third-order valence-corrected chi connectivity index (χ3v) is 3.51. The molecule has 3 amide bonds. The van der Waals surface area contributed by atoms with Crippen molar-refractivity contribution < 1.29 is 24.0 Å². The highest BCUT2D eigenvalue weighted by atomic mass is 16.7. The summed E-state index contributed by atoms with van der Waals surface area (Å²) >= 11 is 0. The molecule has 1 heterocycles. The molecule has 0 spiro atoms. The average molecular weight is 326 g/mol. The van der Waals surface area contributed by atoms with E-state index in [9.17, 15) is 19.2 Å². The number of rotatable bonds is 10. The molecule has 0 bridgehead atoms. The number of amides is 3. The standard InChI is InChI=1S/C16H26N2O5/c1-12(2)6-3-4-11-17-13(19)7-5-8-16(22)23-18-14(20)9-10-15(18)21/h12H,3-11H2,1-2H3,(H,17,19). The molecule has 0 aromatic heterocycles. The quantitative estimate of drug-likeness (QED) is 0.487. The van der Waals surface area contributed by atoms with Crippen LogP contribution in [0.5, 0.6) is 0 Å². The molecule has 7 heteroatoms. The van der Waals surface area contributed by atoms with E-state index in [-0.39, 0.29) is 31.6 Å². The van der Waals surface area contributed by atoms with Crippen molar-refractivity contribution in [3.05, 3.63) is 0 Å². The van der Waals surface area contributed by atoms with E-state index in [1.54, 1.807) is 0 Å². The number of carbonyl (C=O) groups excluding carboxylic acids is 4. The molecule has 7 nitrogen and oxygen atoms in total. The summed E-state index contributed by atoms with van der Waals surface area (Å²) in [4.78, 5) is 50.4. The first-order valence-electron chi connectivity index (χ1n) is 8.23. The van der Waals surface area contributed by atoms with E-state index in [2.05, 4.69) is 19.2 Å². The molecular weight excluding hydrogens is 300 g/mol. The molecule has 1 N–H and O–H groups in total. The minimum atomic E-state index is -0.668. The largest absolute Gasteiger partial charge is 0.356 e. The fraction of sp³-hybridized carbons (Fsp3) is 0.750. The van der Waals surface area contributed by atoms with Gasteiger partial charge in [-0.1, -0.05) is 26.7 Å². The van der Waals surface area contributed by atoms with Crippen molar-refractivity contribution >= 4 is 23.7 Å². The lowest BCUT2D eigenvalue weighted by molar-refractivity contribution is -0.197. The monoisotopic (exact) mass is 326 g/mol. The number of nitrogens with zero attached hydrogens (tertiary/aromatic N) is 1. The normalized spacial score (nSPS) is 14.5. The summed E-state index contributed by atoms with van der Waals surface area (Å²) in [5.74, 6) is -1.09. The van der Waals surface area contributed by atoms with Gasteiger partial charge in [0.15, 0.2) is 0 Å². The highest BCUT2D eigenvalue weighted by molar-refractivity contribution is 6.01. The van der Waals surface area contributed by atoms with E-state index in [0.29, 0.717) is 23.9 Å². The van der Waals surface area contributed by atoms with Crippen molar-refractivity contribution in [3.8, 4) is 0 Å². The first kappa shape index (κ1) is 19.1. The molecule has 0 aromatic rings. The number of carbonyl (C=O) groups is 4. The van der Waals surface area contributed by atoms with Gasteiger partial charge in [-0.2, -0.15) is 0 Å². The van der Waals surface area contributed by atoms with Crippen molar-refractivity contribution in [3.63, 3.8) is 0 Å².